The molecule has 1 unspecified atom stereocenters. The van der Waals surface area contributed by atoms with Crippen LogP contribution in [0.1, 0.15) is 26.7 Å². The molecule has 62 valence electrons. The number of nitrogens with one attached hydrogen (secondary N) is 1. The maximum atomic E-state index is 10.9. The van der Waals surface area contributed by atoms with Crippen LogP contribution < -0.4 is 0 Å². The van der Waals surface area contributed by atoms with E-state index in [1.807, 2.05) is 6.92 Å². The summed E-state index contributed by atoms with van der Waals surface area (Å²) in [5, 5.41) is 7.30. The Morgan fingerprint density at radius 1 is 1.73 bits per heavy atom. The highest BCUT2D eigenvalue weighted by molar-refractivity contribution is 5.89. The van der Waals surface area contributed by atoms with E-state index in [4.69, 9.17) is 5.41 Å². The van der Waals surface area contributed by atoms with Crippen molar-refractivity contribution in [2.45, 2.75) is 26.7 Å². The average Bonchev–Trinajstić information content (AvgIpc) is 1.99. The number of ketones is 1. The minimum Gasteiger partial charge on any atom is -0.309 e. The molecule has 0 bridgehead atoms. The number of allylic oxidation sites excluding steroid dienone is 1. The molecule has 0 spiro atoms. The van der Waals surface area contributed by atoms with Gasteiger partial charge < -0.3 is 5.41 Å². The zero-order valence-electron chi connectivity index (χ0n) is 7.18. The molecule has 0 radical (unpaired) electrons. The number of Topliss-reactive ketones (excluding diaryl/α,β-unsaturated/α-hetero) is 1. The first-order chi connectivity index (χ1) is 5.11. The van der Waals surface area contributed by atoms with Crippen molar-refractivity contribution in [3.05, 3.63) is 12.7 Å². The Bertz CT molecular complexity index is 172. The molecule has 0 saturated heterocycles. The molecule has 0 amide bonds. The summed E-state index contributed by atoms with van der Waals surface area (Å²) in [6.07, 6.45) is 2.66. The normalized spacial score (nSPS) is 12.2. The van der Waals surface area contributed by atoms with Gasteiger partial charge in [0.15, 0.2) is 0 Å². The minimum absolute atomic E-state index is 0.0533. The van der Waals surface area contributed by atoms with Gasteiger partial charge in [0, 0.05) is 24.5 Å². The lowest BCUT2D eigenvalue weighted by atomic mass is 9.97. The topological polar surface area (TPSA) is 40.9 Å². The molecule has 0 fully saturated rings. The van der Waals surface area contributed by atoms with E-state index in [-0.39, 0.29) is 11.7 Å². The van der Waals surface area contributed by atoms with E-state index in [0.717, 1.165) is 0 Å². The Hall–Kier alpha value is -0.920. The van der Waals surface area contributed by atoms with Crippen LogP contribution in [0.25, 0.3) is 0 Å². The van der Waals surface area contributed by atoms with Gasteiger partial charge in [-0.3, -0.25) is 4.79 Å². The van der Waals surface area contributed by atoms with Crippen LogP contribution in [0, 0.1) is 11.3 Å². The molecular weight excluding hydrogens is 138 g/mol. The summed E-state index contributed by atoms with van der Waals surface area (Å²) in [6.45, 7) is 7.12. The highest BCUT2D eigenvalue weighted by Crippen LogP contribution is 2.07. The molecule has 0 aliphatic heterocycles. The van der Waals surface area contributed by atoms with Gasteiger partial charge in [0.2, 0.25) is 0 Å². The van der Waals surface area contributed by atoms with Gasteiger partial charge in [-0.25, -0.2) is 0 Å². The Morgan fingerprint density at radius 3 is 2.55 bits per heavy atom. The van der Waals surface area contributed by atoms with E-state index < -0.39 is 0 Å². The number of rotatable bonds is 5. The second-order valence-corrected chi connectivity index (χ2v) is 2.62. The first-order valence-corrected chi connectivity index (χ1v) is 3.81. The lowest BCUT2D eigenvalue weighted by Crippen LogP contribution is -2.12. The molecule has 1 N–H and O–H groups in total. The zero-order chi connectivity index (χ0) is 8.85. The number of hydrogen-bond acceptors (Lipinski definition) is 2. The summed E-state index contributed by atoms with van der Waals surface area (Å²) in [4.78, 5) is 10.9. The van der Waals surface area contributed by atoms with Crippen LogP contribution in [0.15, 0.2) is 12.7 Å². The number of carbonyl (C=O) groups is 1. The molecule has 0 aliphatic carbocycles. The van der Waals surface area contributed by atoms with Gasteiger partial charge in [-0.2, -0.15) is 0 Å². The summed E-state index contributed by atoms with van der Waals surface area (Å²) in [5.41, 5.74) is 0.516. The van der Waals surface area contributed by atoms with Crippen molar-refractivity contribution in [3.63, 3.8) is 0 Å². The summed E-state index contributed by atoms with van der Waals surface area (Å²) in [6, 6.07) is 0. The highest BCUT2D eigenvalue weighted by atomic mass is 16.1. The van der Waals surface area contributed by atoms with Crippen molar-refractivity contribution in [1.29, 1.82) is 5.41 Å². The molecule has 0 saturated carbocycles. The number of carbonyl (C=O) groups excluding carboxylic acids is 1. The third kappa shape index (κ3) is 3.71. The molecule has 0 rings (SSSR count). The molecule has 0 aliphatic rings. The van der Waals surface area contributed by atoms with E-state index in [0.29, 0.717) is 18.6 Å². The van der Waals surface area contributed by atoms with Crippen LogP contribution >= 0.6 is 0 Å². The van der Waals surface area contributed by atoms with Crippen LogP contribution in [-0.2, 0) is 4.79 Å². The minimum atomic E-state index is -0.0533. The quantitative estimate of drug-likeness (QED) is 0.477. The predicted molar refractivity (Wildman–Crippen MR) is 47.0 cm³/mol. The van der Waals surface area contributed by atoms with Crippen molar-refractivity contribution in [1.82, 2.24) is 0 Å². The summed E-state index contributed by atoms with van der Waals surface area (Å²) in [5.74, 6) is 0.143. The molecule has 0 aromatic rings. The molecule has 2 heteroatoms. The third-order valence-electron chi connectivity index (χ3n) is 1.68. The molecule has 0 aromatic carbocycles. The third-order valence-corrected chi connectivity index (χ3v) is 1.68. The van der Waals surface area contributed by atoms with Crippen molar-refractivity contribution in [2.75, 3.05) is 0 Å². The van der Waals surface area contributed by atoms with Crippen LogP contribution in [0.4, 0.5) is 0 Å². The van der Waals surface area contributed by atoms with E-state index in [2.05, 4.69) is 6.58 Å². The Balaban J connectivity index is 3.98. The lowest BCUT2D eigenvalue weighted by Gasteiger charge is -2.07. The van der Waals surface area contributed by atoms with Gasteiger partial charge in [-0.05, 0) is 6.92 Å². The van der Waals surface area contributed by atoms with E-state index in [9.17, 15) is 4.79 Å². The standard InChI is InChI=1S/C9H15NO/c1-4-8(7(3)10)6-9(11)5-2/h4,8,10H,1,5-6H2,2-3H3. The van der Waals surface area contributed by atoms with Gasteiger partial charge in [-0.15, -0.1) is 6.58 Å². The zero-order valence-corrected chi connectivity index (χ0v) is 7.18. The van der Waals surface area contributed by atoms with Crippen molar-refractivity contribution in [2.24, 2.45) is 5.92 Å². The average molecular weight is 153 g/mol. The molecule has 1 atom stereocenters. The second-order valence-electron chi connectivity index (χ2n) is 2.62. The summed E-state index contributed by atoms with van der Waals surface area (Å²) >= 11 is 0. The Kier molecular flexibility index (Phi) is 4.42. The summed E-state index contributed by atoms with van der Waals surface area (Å²) in [7, 11) is 0. The van der Waals surface area contributed by atoms with E-state index in [1.54, 1.807) is 13.0 Å². The fourth-order valence-corrected chi connectivity index (χ4v) is 0.803. The van der Waals surface area contributed by atoms with Gasteiger partial charge >= 0.3 is 0 Å². The first kappa shape index (κ1) is 10.1. The maximum absolute atomic E-state index is 10.9. The van der Waals surface area contributed by atoms with Crippen LogP contribution in [0.2, 0.25) is 0 Å². The smallest absolute Gasteiger partial charge is 0.133 e. The predicted octanol–water partition coefficient (Wildman–Crippen LogP) is 2.20. The second kappa shape index (κ2) is 4.83. The van der Waals surface area contributed by atoms with Gasteiger partial charge in [-0.1, -0.05) is 13.0 Å². The van der Waals surface area contributed by atoms with Crippen molar-refractivity contribution < 1.29 is 4.79 Å². The van der Waals surface area contributed by atoms with Gasteiger partial charge in [0.25, 0.3) is 0 Å². The lowest BCUT2D eigenvalue weighted by molar-refractivity contribution is -0.119. The van der Waals surface area contributed by atoms with E-state index in [1.165, 1.54) is 0 Å². The van der Waals surface area contributed by atoms with Gasteiger partial charge in [0.1, 0.15) is 5.78 Å². The number of hydrogen-bond donors (Lipinski definition) is 1. The maximum Gasteiger partial charge on any atom is 0.133 e. The Labute approximate surface area is 67.8 Å². The molecule has 0 heterocycles. The van der Waals surface area contributed by atoms with Crippen molar-refractivity contribution in [3.8, 4) is 0 Å². The molecule has 0 aromatic heterocycles. The van der Waals surface area contributed by atoms with Crippen molar-refractivity contribution >= 4 is 11.5 Å². The molecular formula is C9H15NO. The highest BCUT2D eigenvalue weighted by Gasteiger charge is 2.10. The summed E-state index contributed by atoms with van der Waals surface area (Å²) < 4.78 is 0. The van der Waals surface area contributed by atoms with Crippen LogP contribution in [0.5, 0.6) is 0 Å². The molecule has 11 heavy (non-hydrogen) atoms. The van der Waals surface area contributed by atoms with Crippen LogP contribution in [-0.4, -0.2) is 11.5 Å². The Morgan fingerprint density at radius 2 is 2.27 bits per heavy atom. The van der Waals surface area contributed by atoms with E-state index >= 15 is 0 Å². The fourth-order valence-electron chi connectivity index (χ4n) is 0.803. The largest absolute Gasteiger partial charge is 0.309 e. The fraction of sp³-hybridized carbons (Fsp3) is 0.556. The van der Waals surface area contributed by atoms with Gasteiger partial charge in [0.05, 0.1) is 0 Å². The first-order valence-electron chi connectivity index (χ1n) is 3.81. The molecule has 2 nitrogen and oxygen atoms in total. The monoisotopic (exact) mass is 153 g/mol. The SMILES string of the molecule is C=CC(CC(=O)CC)C(C)=N. The van der Waals surface area contributed by atoms with Crippen LogP contribution in [0.3, 0.4) is 0 Å².